The van der Waals surface area contributed by atoms with Crippen LogP contribution in [-0.2, 0) is 0 Å². The molecule has 0 bridgehead atoms. The van der Waals surface area contributed by atoms with E-state index in [1.165, 1.54) is 11.1 Å². The van der Waals surface area contributed by atoms with E-state index in [4.69, 9.17) is 9.47 Å². The van der Waals surface area contributed by atoms with Crippen molar-refractivity contribution in [3.63, 3.8) is 0 Å². The van der Waals surface area contributed by atoms with Gasteiger partial charge in [0.25, 0.3) is 0 Å². The van der Waals surface area contributed by atoms with Crippen molar-refractivity contribution >= 4 is 5.82 Å². The van der Waals surface area contributed by atoms with E-state index in [1.807, 2.05) is 12.3 Å². The Balaban J connectivity index is 1.73. The first-order valence-corrected chi connectivity index (χ1v) is 7.50. The molecule has 21 heavy (non-hydrogen) atoms. The Labute approximate surface area is 123 Å². The van der Waals surface area contributed by atoms with Crippen LogP contribution < -0.4 is 14.8 Å². The van der Waals surface area contributed by atoms with E-state index in [1.54, 1.807) is 0 Å². The molecule has 0 fully saturated rings. The Bertz CT molecular complexity index is 666. The number of nitrogens with one attached hydrogen (secondary N) is 1. The first kappa shape index (κ1) is 12.6. The van der Waals surface area contributed by atoms with Gasteiger partial charge < -0.3 is 14.8 Å². The Morgan fingerprint density at radius 3 is 3.00 bits per heavy atom. The molecule has 0 saturated carbocycles. The summed E-state index contributed by atoms with van der Waals surface area (Å²) >= 11 is 0. The van der Waals surface area contributed by atoms with Crippen LogP contribution in [0.3, 0.4) is 0 Å². The van der Waals surface area contributed by atoms with Crippen molar-refractivity contribution in [3.8, 4) is 11.5 Å². The lowest BCUT2D eigenvalue weighted by Gasteiger charge is -2.27. The summed E-state index contributed by atoms with van der Waals surface area (Å²) in [6.07, 6.45) is 3.87. The minimum Gasteiger partial charge on any atom is -0.490 e. The Morgan fingerprint density at radius 1 is 1.24 bits per heavy atom. The van der Waals surface area contributed by atoms with Gasteiger partial charge in [-0.25, -0.2) is 4.68 Å². The van der Waals surface area contributed by atoms with Crippen LogP contribution in [0.4, 0.5) is 5.82 Å². The van der Waals surface area contributed by atoms with Crippen LogP contribution >= 0.6 is 0 Å². The first-order chi connectivity index (χ1) is 10.3. The molecule has 1 aromatic carbocycles. The van der Waals surface area contributed by atoms with E-state index < -0.39 is 0 Å². The third kappa shape index (κ3) is 2.13. The zero-order valence-electron chi connectivity index (χ0n) is 12.1. The highest BCUT2D eigenvalue weighted by Crippen LogP contribution is 2.36. The molecule has 0 radical (unpaired) electrons. The third-order valence-electron chi connectivity index (χ3n) is 4.14. The number of hydrogen-bond donors (Lipinski definition) is 1. The third-order valence-corrected chi connectivity index (χ3v) is 4.14. The van der Waals surface area contributed by atoms with Crippen molar-refractivity contribution in [1.29, 1.82) is 0 Å². The lowest BCUT2D eigenvalue weighted by atomic mass is 10.0. The molecule has 1 unspecified atom stereocenters. The fourth-order valence-electron chi connectivity index (χ4n) is 3.05. The van der Waals surface area contributed by atoms with Crippen molar-refractivity contribution in [2.45, 2.75) is 25.8 Å². The number of rotatable bonds is 1. The summed E-state index contributed by atoms with van der Waals surface area (Å²) in [4.78, 5) is 0. The molecule has 5 heteroatoms. The number of hydrogen-bond acceptors (Lipinski definition) is 4. The van der Waals surface area contributed by atoms with Gasteiger partial charge in [0, 0.05) is 18.5 Å². The van der Waals surface area contributed by atoms with Gasteiger partial charge in [0.2, 0.25) is 0 Å². The summed E-state index contributed by atoms with van der Waals surface area (Å²) in [6.45, 7) is 4.49. The SMILES string of the molecule is Cc1cnn2c1NCCC2c1ccc2c(c1)OCCCO2. The van der Waals surface area contributed by atoms with Gasteiger partial charge in [-0.1, -0.05) is 6.07 Å². The monoisotopic (exact) mass is 285 g/mol. The average molecular weight is 285 g/mol. The summed E-state index contributed by atoms with van der Waals surface area (Å²) in [7, 11) is 0. The summed E-state index contributed by atoms with van der Waals surface area (Å²) in [5.41, 5.74) is 2.42. The molecule has 110 valence electrons. The first-order valence-electron chi connectivity index (χ1n) is 7.50. The second kappa shape index (κ2) is 4.98. The summed E-state index contributed by atoms with van der Waals surface area (Å²) in [6, 6.07) is 6.52. The number of aryl methyl sites for hydroxylation is 1. The largest absolute Gasteiger partial charge is 0.490 e. The van der Waals surface area contributed by atoms with Crippen LogP contribution in [0, 0.1) is 6.92 Å². The molecule has 1 aromatic heterocycles. The Morgan fingerprint density at radius 2 is 2.10 bits per heavy atom. The molecular formula is C16H19N3O2. The predicted molar refractivity (Wildman–Crippen MR) is 80.3 cm³/mol. The molecule has 5 nitrogen and oxygen atoms in total. The topological polar surface area (TPSA) is 48.3 Å². The highest BCUT2D eigenvalue weighted by atomic mass is 16.5. The fraction of sp³-hybridized carbons (Fsp3) is 0.438. The highest BCUT2D eigenvalue weighted by molar-refractivity contribution is 5.48. The number of aromatic nitrogens is 2. The van der Waals surface area contributed by atoms with Gasteiger partial charge in [-0.3, -0.25) is 0 Å². The molecule has 1 N–H and O–H groups in total. The fourth-order valence-corrected chi connectivity index (χ4v) is 3.05. The maximum atomic E-state index is 5.80. The Kier molecular flexibility index (Phi) is 2.98. The molecule has 0 saturated heterocycles. The second-order valence-corrected chi connectivity index (χ2v) is 5.61. The van der Waals surface area contributed by atoms with Crippen molar-refractivity contribution < 1.29 is 9.47 Å². The van der Waals surface area contributed by atoms with E-state index in [0.29, 0.717) is 0 Å². The van der Waals surface area contributed by atoms with E-state index >= 15 is 0 Å². The van der Waals surface area contributed by atoms with Crippen LogP contribution in [0.2, 0.25) is 0 Å². The van der Waals surface area contributed by atoms with E-state index in [2.05, 4.69) is 34.2 Å². The number of anilines is 1. The van der Waals surface area contributed by atoms with Crippen molar-refractivity contribution in [2.75, 3.05) is 25.1 Å². The molecule has 0 spiro atoms. The quantitative estimate of drug-likeness (QED) is 0.875. The predicted octanol–water partition coefficient (Wildman–Crippen LogP) is 2.76. The average Bonchev–Trinajstić information content (AvgIpc) is 2.75. The minimum atomic E-state index is 0.257. The summed E-state index contributed by atoms with van der Waals surface area (Å²) in [5, 5.41) is 7.95. The van der Waals surface area contributed by atoms with E-state index in [0.717, 1.165) is 49.9 Å². The van der Waals surface area contributed by atoms with Gasteiger partial charge in [-0.05, 0) is 31.0 Å². The lowest BCUT2D eigenvalue weighted by molar-refractivity contribution is 0.297. The molecule has 1 atom stereocenters. The number of ether oxygens (including phenoxy) is 2. The normalized spacial score (nSPS) is 20.3. The van der Waals surface area contributed by atoms with Crippen LogP contribution in [0.5, 0.6) is 11.5 Å². The van der Waals surface area contributed by atoms with Gasteiger partial charge in [-0.15, -0.1) is 0 Å². The van der Waals surface area contributed by atoms with Gasteiger partial charge in [0.15, 0.2) is 11.5 Å². The number of benzene rings is 1. The number of fused-ring (bicyclic) bond motifs is 2. The zero-order chi connectivity index (χ0) is 14.2. The van der Waals surface area contributed by atoms with Gasteiger partial charge >= 0.3 is 0 Å². The molecule has 3 heterocycles. The molecular weight excluding hydrogens is 266 g/mol. The van der Waals surface area contributed by atoms with Gasteiger partial charge in [-0.2, -0.15) is 5.10 Å². The van der Waals surface area contributed by atoms with Crippen LogP contribution in [0.15, 0.2) is 24.4 Å². The second-order valence-electron chi connectivity index (χ2n) is 5.61. The Hall–Kier alpha value is -2.17. The number of nitrogens with zero attached hydrogens (tertiary/aromatic N) is 2. The van der Waals surface area contributed by atoms with Crippen molar-refractivity contribution in [3.05, 3.63) is 35.5 Å². The van der Waals surface area contributed by atoms with E-state index in [9.17, 15) is 0 Å². The minimum absolute atomic E-state index is 0.257. The van der Waals surface area contributed by atoms with Gasteiger partial charge in [0.1, 0.15) is 5.82 Å². The maximum Gasteiger partial charge on any atom is 0.161 e. The van der Waals surface area contributed by atoms with Crippen LogP contribution in [-0.4, -0.2) is 29.5 Å². The maximum absolute atomic E-state index is 5.80. The highest BCUT2D eigenvalue weighted by Gasteiger charge is 2.24. The van der Waals surface area contributed by atoms with Crippen molar-refractivity contribution in [2.24, 2.45) is 0 Å². The smallest absolute Gasteiger partial charge is 0.161 e. The van der Waals surface area contributed by atoms with Crippen LogP contribution in [0.1, 0.15) is 30.0 Å². The molecule has 2 aliphatic heterocycles. The van der Waals surface area contributed by atoms with Crippen LogP contribution in [0.25, 0.3) is 0 Å². The lowest BCUT2D eigenvalue weighted by Crippen LogP contribution is -2.24. The zero-order valence-corrected chi connectivity index (χ0v) is 12.1. The summed E-state index contributed by atoms with van der Waals surface area (Å²) < 4.78 is 13.6. The molecule has 2 aromatic rings. The standard InChI is InChI=1S/C16H19N3O2/c1-11-10-18-19-13(5-6-17-16(11)19)12-3-4-14-15(9-12)21-8-2-7-20-14/h3-4,9-10,13,17H,2,5-8H2,1H3. The van der Waals surface area contributed by atoms with Crippen molar-refractivity contribution in [1.82, 2.24) is 9.78 Å². The molecule has 0 aliphatic carbocycles. The molecule has 0 amide bonds. The van der Waals surface area contributed by atoms with E-state index in [-0.39, 0.29) is 6.04 Å². The molecule has 2 aliphatic rings. The molecule has 4 rings (SSSR count). The summed E-state index contributed by atoms with van der Waals surface area (Å²) in [5.74, 6) is 2.83. The van der Waals surface area contributed by atoms with Gasteiger partial charge in [0.05, 0.1) is 25.5 Å².